The van der Waals surface area contributed by atoms with Gasteiger partial charge in [-0.05, 0) is 81.7 Å². The first-order valence-corrected chi connectivity index (χ1v) is 10.9. The van der Waals surface area contributed by atoms with Crippen LogP contribution in [0.25, 0.3) is 0 Å². The van der Waals surface area contributed by atoms with Gasteiger partial charge in [-0.2, -0.15) is 0 Å². The molecule has 0 unspecified atom stereocenters. The lowest BCUT2D eigenvalue weighted by Gasteiger charge is -2.37. The average Bonchev–Trinajstić information content (AvgIpc) is 3.55. The number of carbonyl (C=O) groups is 2. The second-order valence-corrected chi connectivity index (χ2v) is 8.82. The molecule has 0 bridgehead atoms. The number of nitrogens with zero attached hydrogens (tertiary/aromatic N) is 2. The lowest BCUT2D eigenvalue weighted by atomic mass is 9.99. The number of anilines is 1. The van der Waals surface area contributed by atoms with Crippen LogP contribution in [0.4, 0.5) is 10.1 Å². The maximum Gasteiger partial charge on any atom is 0.230 e. The fourth-order valence-electron chi connectivity index (χ4n) is 4.11. The Hall–Kier alpha value is -2.24. The number of Topliss-reactive ketones (excluding diaryl/α,β-unsaturated/α-hetero) is 1. The van der Waals surface area contributed by atoms with E-state index in [1.54, 1.807) is 0 Å². The van der Waals surface area contributed by atoms with E-state index in [0.717, 1.165) is 56.1 Å². The lowest BCUT2D eigenvalue weighted by Crippen LogP contribution is -2.47. The van der Waals surface area contributed by atoms with Crippen molar-refractivity contribution in [2.24, 2.45) is 5.92 Å². The number of piperidine rings is 1. The van der Waals surface area contributed by atoms with Gasteiger partial charge in [0.25, 0.3) is 0 Å². The van der Waals surface area contributed by atoms with E-state index in [1.165, 1.54) is 12.1 Å². The molecular weight excluding hydrogens is 403 g/mol. The molecule has 2 aliphatic rings. The summed E-state index contributed by atoms with van der Waals surface area (Å²) >= 11 is 6.05. The summed E-state index contributed by atoms with van der Waals surface area (Å²) in [5.41, 5.74) is 1.99. The van der Waals surface area contributed by atoms with Gasteiger partial charge in [-0.25, -0.2) is 4.39 Å². The fourth-order valence-corrected chi connectivity index (χ4v) is 4.38. The third-order valence-corrected chi connectivity index (χ3v) is 6.31. The molecule has 2 aromatic rings. The summed E-state index contributed by atoms with van der Waals surface area (Å²) < 4.78 is 13.3. The summed E-state index contributed by atoms with van der Waals surface area (Å²) in [5, 5.41) is 0.119. The zero-order valence-electron chi connectivity index (χ0n) is 17.1. The first-order valence-electron chi connectivity index (χ1n) is 10.5. The standard InChI is InChI=1S/C24H26ClFN2O2/c1-27-11-9-19(10-12-27)28(24(30)17-5-6-17)20-4-2-3-16(13-20)14-23(29)21-8-7-18(26)15-22(21)25/h2-4,7-8,13,15,17,19H,5-6,9-12,14H2,1H3. The van der Waals surface area contributed by atoms with Crippen LogP contribution in [0.3, 0.4) is 0 Å². The molecule has 1 aliphatic heterocycles. The first-order chi connectivity index (χ1) is 14.4. The SMILES string of the molecule is CN1CCC(N(C(=O)C2CC2)c2cccc(CC(=O)c3ccc(F)cc3Cl)c2)CC1. The van der Waals surface area contributed by atoms with Crippen LogP contribution in [0.2, 0.25) is 5.02 Å². The minimum Gasteiger partial charge on any atom is -0.309 e. The van der Waals surface area contributed by atoms with Crippen molar-refractivity contribution in [2.75, 3.05) is 25.0 Å². The van der Waals surface area contributed by atoms with Gasteiger partial charge in [-0.1, -0.05) is 23.7 Å². The van der Waals surface area contributed by atoms with E-state index >= 15 is 0 Å². The molecule has 30 heavy (non-hydrogen) atoms. The minimum atomic E-state index is -0.467. The van der Waals surface area contributed by atoms with Crippen molar-refractivity contribution in [1.82, 2.24) is 4.90 Å². The zero-order valence-corrected chi connectivity index (χ0v) is 17.9. The van der Waals surface area contributed by atoms with Crippen LogP contribution in [0, 0.1) is 11.7 Å². The van der Waals surface area contributed by atoms with Gasteiger partial charge in [-0.15, -0.1) is 0 Å². The van der Waals surface area contributed by atoms with Gasteiger partial charge in [0, 0.05) is 29.6 Å². The third-order valence-electron chi connectivity index (χ3n) is 6.00. The molecule has 2 fully saturated rings. The number of halogens is 2. The molecular formula is C24H26ClFN2O2. The van der Waals surface area contributed by atoms with Gasteiger partial charge in [0.2, 0.25) is 5.91 Å². The average molecular weight is 429 g/mol. The van der Waals surface area contributed by atoms with E-state index in [1.807, 2.05) is 29.2 Å². The molecule has 0 spiro atoms. The molecule has 1 aliphatic carbocycles. The molecule has 0 aromatic heterocycles. The van der Waals surface area contributed by atoms with Crippen LogP contribution in [0.1, 0.15) is 41.6 Å². The molecule has 1 saturated carbocycles. The molecule has 4 rings (SSSR count). The molecule has 0 atom stereocenters. The predicted octanol–water partition coefficient (Wildman–Crippen LogP) is 4.74. The van der Waals surface area contributed by atoms with Crippen molar-refractivity contribution in [3.63, 3.8) is 0 Å². The summed E-state index contributed by atoms with van der Waals surface area (Å²) in [6.45, 7) is 1.95. The van der Waals surface area contributed by atoms with Gasteiger partial charge in [-0.3, -0.25) is 9.59 Å². The smallest absolute Gasteiger partial charge is 0.230 e. The summed E-state index contributed by atoms with van der Waals surface area (Å²) in [6.07, 6.45) is 3.97. The number of hydrogen-bond acceptors (Lipinski definition) is 3. The van der Waals surface area contributed by atoms with Crippen molar-refractivity contribution >= 4 is 29.0 Å². The van der Waals surface area contributed by atoms with Crippen molar-refractivity contribution in [1.29, 1.82) is 0 Å². The van der Waals surface area contributed by atoms with Crippen molar-refractivity contribution in [3.8, 4) is 0 Å². The largest absolute Gasteiger partial charge is 0.309 e. The number of hydrogen-bond donors (Lipinski definition) is 0. The highest BCUT2D eigenvalue weighted by molar-refractivity contribution is 6.34. The molecule has 4 nitrogen and oxygen atoms in total. The highest BCUT2D eigenvalue weighted by atomic mass is 35.5. The van der Waals surface area contributed by atoms with Crippen LogP contribution < -0.4 is 4.90 Å². The molecule has 2 aromatic carbocycles. The topological polar surface area (TPSA) is 40.6 Å². The van der Waals surface area contributed by atoms with Gasteiger partial charge >= 0.3 is 0 Å². The number of amides is 1. The second-order valence-electron chi connectivity index (χ2n) is 8.41. The fraction of sp³-hybridized carbons (Fsp3) is 0.417. The summed E-state index contributed by atoms with van der Waals surface area (Å²) in [7, 11) is 2.11. The van der Waals surface area contributed by atoms with E-state index in [4.69, 9.17) is 11.6 Å². The van der Waals surface area contributed by atoms with Crippen molar-refractivity contribution in [3.05, 3.63) is 64.4 Å². The molecule has 158 valence electrons. The number of likely N-dealkylation sites (tertiary alicyclic amines) is 1. The van der Waals surface area contributed by atoms with Gasteiger partial charge in [0.15, 0.2) is 5.78 Å². The van der Waals surface area contributed by atoms with Crippen molar-refractivity contribution in [2.45, 2.75) is 38.1 Å². The number of benzene rings is 2. The Morgan fingerprint density at radius 1 is 1.10 bits per heavy atom. The van der Waals surface area contributed by atoms with E-state index in [-0.39, 0.29) is 35.1 Å². The Balaban J connectivity index is 1.56. The van der Waals surface area contributed by atoms with Crippen LogP contribution in [0.15, 0.2) is 42.5 Å². The van der Waals surface area contributed by atoms with E-state index in [2.05, 4.69) is 11.9 Å². The summed E-state index contributed by atoms with van der Waals surface area (Å²) in [5.74, 6) is -0.301. The Bertz CT molecular complexity index is 952. The second kappa shape index (κ2) is 8.86. The summed E-state index contributed by atoms with van der Waals surface area (Å²) in [4.78, 5) is 30.1. The Kier molecular flexibility index (Phi) is 6.21. The number of ketones is 1. The first kappa shape index (κ1) is 21.0. The highest BCUT2D eigenvalue weighted by Crippen LogP contribution is 2.35. The number of rotatable bonds is 6. The number of carbonyl (C=O) groups excluding carboxylic acids is 2. The molecule has 1 heterocycles. The normalized spacial score (nSPS) is 17.7. The maximum absolute atomic E-state index is 13.3. The van der Waals surface area contributed by atoms with Gasteiger partial charge in [0.1, 0.15) is 5.82 Å². The highest BCUT2D eigenvalue weighted by Gasteiger charge is 2.38. The lowest BCUT2D eigenvalue weighted by molar-refractivity contribution is -0.120. The Morgan fingerprint density at radius 3 is 2.50 bits per heavy atom. The molecule has 0 N–H and O–H groups in total. The molecule has 1 saturated heterocycles. The van der Waals surface area contributed by atoms with Crippen LogP contribution in [-0.4, -0.2) is 42.8 Å². The third kappa shape index (κ3) is 4.73. The molecule has 6 heteroatoms. The van der Waals surface area contributed by atoms with E-state index in [9.17, 15) is 14.0 Å². The predicted molar refractivity (Wildman–Crippen MR) is 117 cm³/mol. The summed E-state index contributed by atoms with van der Waals surface area (Å²) in [6, 6.07) is 11.7. The van der Waals surface area contributed by atoms with Crippen LogP contribution in [0.5, 0.6) is 0 Å². The Morgan fingerprint density at radius 2 is 1.83 bits per heavy atom. The van der Waals surface area contributed by atoms with E-state index in [0.29, 0.717) is 5.56 Å². The maximum atomic E-state index is 13.3. The van der Waals surface area contributed by atoms with Crippen LogP contribution in [-0.2, 0) is 11.2 Å². The van der Waals surface area contributed by atoms with Gasteiger partial charge < -0.3 is 9.80 Å². The Labute approximate surface area is 181 Å². The quantitative estimate of drug-likeness (QED) is 0.624. The molecule has 1 amide bonds. The monoisotopic (exact) mass is 428 g/mol. The van der Waals surface area contributed by atoms with Gasteiger partial charge in [0.05, 0.1) is 5.02 Å². The zero-order chi connectivity index (χ0) is 21.3. The van der Waals surface area contributed by atoms with E-state index < -0.39 is 5.82 Å². The molecule has 0 radical (unpaired) electrons. The minimum absolute atomic E-state index is 0.119. The van der Waals surface area contributed by atoms with Crippen molar-refractivity contribution < 1.29 is 14.0 Å². The van der Waals surface area contributed by atoms with Crippen LogP contribution >= 0.6 is 11.6 Å².